The van der Waals surface area contributed by atoms with Gasteiger partial charge in [-0.25, -0.2) is 4.79 Å². The Morgan fingerprint density at radius 1 is 1.50 bits per heavy atom. The number of unbranched alkanes of at least 4 members (excludes halogenated alkanes) is 1. The number of carbonyl (C=O) groups excluding carboxylic acids is 2. The molecule has 0 fully saturated rings. The molecular weight excluding hydrogens is 182 g/mol. The zero-order chi connectivity index (χ0) is 10.8. The van der Waals surface area contributed by atoms with Crippen molar-refractivity contribution in [3.8, 4) is 12.3 Å². The maximum absolute atomic E-state index is 11.0. The largest absolute Gasteiger partial charge is 0.466 e. The van der Waals surface area contributed by atoms with Gasteiger partial charge in [0.15, 0.2) is 0 Å². The van der Waals surface area contributed by atoms with Gasteiger partial charge in [0.1, 0.15) is 0 Å². The van der Waals surface area contributed by atoms with Gasteiger partial charge in [0, 0.05) is 25.1 Å². The van der Waals surface area contributed by atoms with Crippen LogP contribution in [-0.2, 0) is 14.3 Å². The van der Waals surface area contributed by atoms with E-state index < -0.39 is 5.97 Å². The third-order valence-corrected chi connectivity index (χ3v) is 1.37. The summed E-state index contributed by atoms with van der Waals surface area (Å²) in [5, 5.41) is 2.57. The number of methoxy groups -OCH3 is 1. The molecule has 0 rings (SSSR count). The first-order valence-corrected chi connectivity index (χ1v) is 4.18. The fourth-order valence-corrected chi connectivity index (χ4v) is 0.673. The van der Waals surface area contributed by atoms with Crippen LogP contribution in [0.3, 0.4) is 0 Å². The average Bonchev–Trinajstić information content (AvgIpc) is 2.21. The molecule has 4 heteroatoms. The van der Waals surface area contributed by atoms with E-state index in [0.717, 1.165) is 18.6 Å². The molecule has 0 aromatic rings. The van der Waals surface area contributed by atoms with Gasteiger partial charge in [0.05, 0.1) is 7.11 Å². The van der Waals surface area contributed by atoms with Crippen molar-refractivity contribution in [3.63, 3.8) is 0 Å². The molecule has 0 aliphatic rings. The fourth-order valence-electron chi connectivity index (χ4n) is 0.673. The fraction of sp³-hybridized carbons (Fsp3) is 0.400. The van der Waals surface area contributed by atoms with Crippen LogP contribution in [0.1, 0.15) is 12.8 Å². The molecule has 0 aliphatic heterocycles. The highest BCUT2D eigenvalue weighted by molar-refractivity contribution is 5.94. The van der Waals surface area contributed by atoms with E-state index in [1.807, 2.05) is 0 Å². The second kappa shape index (κ2) is 7.87. The summed E-state index contributed by atoms with van der Waals surface area (Å²) in [6.07, 6.45) is 8.57. The van der Waals surface area contributed by atoms with Crippen molar-refractivity contribution in [3.05, 3.63) is 12.2 Å². The minimum atomic E-state index is -0.552. The van der Waals surface area contributed by atoms with Crippen LogP contribution in [-0.4, -0.2) is 25.5 Å². The number of terminal acetylenes is 1. The molecule has 0 bridgehead atoms. The first kappa shape index (κ1) is 12.2. The van der Waals surface area contributed by atoms with Crippen molar-refractivity contribution in [1.29, 1.82) is 0 Å². The van der Waals surface area contributed by atoms with E-state index in [4.69, 9.17) is 6.42 Å². The first-order chi connectivity index (χ1) is 6.70. The maximum atomic E-state index is 11.0. The predicted molar refractivity (Wildman–Crippen MR) is 52.2 cm³/mol. The van der Waals surface area contributed by atoms with Crippen molar-refractivity contribution >= 4 is 11.9 Å². The molecule has 0 aliphatic carbocycles. The zero-order valence-electron chi connectivity index (χ0n) is 8.08. The molecular formula is C10H13NO3. The summed E-state index contributed by atoms with van der Waals surface area (Å²) in [7, 11) is 1.25. The molecule has 0 spiro atoms. The van der Waals surface area contributed by atoms with Crippen LogP contribution >= 0.6 is 0 Å². The number of esters is 1. The quantitative estimate of drug-likeness (QED) is 0.296. The number of hydrogen-bond donors (Lipinski definition) is 1. The number of nitrogens with one attached hydrogen (secondary N) is 1. The number of carbonyl (C=O) groups is 2. The smallest absolute Gasteiger partial charge is 0.330 e. The minimum Gasteiger partial charge on any atom is -0.466 e. The Balaban J connectivity index is 3.61. The minimum absolute atomic E-state index is 0.326. The molecule has 0 heterocycles. The lowest BCUT2D eigenvalue weighted by Gasteiger charge is -1.98. The number of amides is 1. The van der Waals surface area contributed by atoms with Crippen LogP contribution in [0.4, 0.5) is 0 Å². The molecule has 1 amide bonds. The molecule has 0 saturated heterocycles. The molecule has 1 N–H and O–H groups in total. The lowest BCUT2D eigenvalue weighted by Crippen LogP contribution is -2.22. The van der Waals surface area contributed by atoms with Gasteiger partial charge in [-0.3, -0.25) is 4.79 Å². The van der Waals surface area contributed by atoms with Crippen LogP contribution < -0.4 is 5.32 Å². The van der Waals surface area contributed by atoms with Crippen molar-refractivity contribution in [2.24, 2.45) is 0 Å². The Kier molecular flexibility index (Phi) is 6.88. The SMILES string of the molecule is C#CCCCNC(=O)C=CC(=O)OC. The van der Waals surface area contributed by atoms with Crippen molar-refractivity contribution in [2.45, 2.75) is 12.8 Å². The Labute approximate surface area is 83.3 Å². The number of ether oxygens (including phenoxy) is 1. The van der Waals surface area contributed by atoms with E-state index in [-0.39, 0.29) is 5.91 Å². The van der Waals surface area contributed by atoms with E-state index in [9.17, 15) is 9.59 Å². The topological polar surface area (TPSA) is 55.4 Å². The monoisotopic (exact) mass is 195 g/mol. The van der Waals surface area contributed by atoms with Gasteiger partial charge >= 0.3 is 5.97 Å². The highest BCUT2D eigenvalue weighted by Crippen LogP contribution is 1.84. The Bertz CT molecular complexity index is 263. The first-order valence-electron chi connectivity index (χ1n) is 4.18. The van der Waals surface area contributed by atoms with E-state index in [0.29, 0.717) is 13.0 Å². The molecule has 0 unspecified atom stereocenters. The second-order valence-electron chi connectivity index (χ2n) is 2.46. The van der Waals surface area contributed by atoms with Gasteiger partial charge in [0.2, 0.25) is 5.91 Å². The maximum Gasteiger partial charge on any atom is 0.330 e. The second-order valence-corrected chi connectivity index (χ2v) is 2.46. The Morgan fingerprint density at radius 2 is 2.21 bits per heavy atom. The highest BCUT2D eigenvalue weighted by atomic mass is 16.5. The van der Waals surface area contributed by atoms with Crippen molar-refractivity contribution in [2.75, 3.05) is 13.7 Å². The predicted octanol–water partition coefficient (Wildman–Crippen LogP) is 0.245. The van der Waals surface area contributed by atoms with Gasteiger partial charge in [-0.05, 0) is 6.42 Å². The van der Waals surface area contributed by atoms with Crippen molar-refractivity contribution < 1.29 is 14.3 Å². The lowest BCUT2D eigenvalue weighted by atomic mass is 10.3. The summed E-state index contributed by atoms with van der Waals surface area (Å²) in [4.78, 5) is 21.5. The molecule has 14 heavy (non-hydrogen) atoms. The van der Waals surface area contributed by atoms with Gasteiger partial charge < -0.3 is 10.1 Å². The van der Waals surface area contributed by atoms with Gasteiger partial charge in [0.25, 0.3) is 0 Å². The standard InChI is InChI=1S/C10H13NO3/c1-3-4-5-8-11-9(12)6-7-10(13)14-2/h1,6-7H,4-5,8H2,2H3,(H,11,12). The molecule has 4 nitrogen and oxygen atoms in total. The Hall–Kier alpha value is -1.76. The third kappa shape index (κ3) is 6.92. The summed E-state index contributed by atoms with van der Waals surface area (Å²) in [6, 6.07) is 0. The number of hydrogen-bond acceptors (Lipinski definition) is 3. The highest BCUT2D eigenvalue weighted by Gasteiger charge is 1.96. The molecule has 0 aromatic carbocycles. The van der Waals surface area contributed by atoms with E-state index in [1.165, 1.54) is 7.11 Å². The van der Waals surface area contributed by atoms with E-state index >= 15 is 0 Å². The van der Waals surface area contributed by atoms with Crippen LogP contribution in [0.5, 0.6) is 0 Å². The zero-order valence-corrected chi connectivity index (χ0v) is 8.08. The lowest BCUT2D eigenvalue weighted by molar-refractivity contribution is -0.135. The van der Waals surface area contributed by atoms with Crippen LogP contribution in [0, 0.1) is 12.3 Å². The van der Waals surface area contributed by atoms with Gasteiger partial charge in [-0.15, -0.1) is 12.3 Å². The summed E-state index contributed by atoms with van der Waals surface area (Å²) in [5.74, 6) is 1.58. The van der Waals surface area contributed by atoms with Gasteiger partial charge in [-0.1, -0.05) is 0 Å². The van der Waals surface area contributed by atoms with Gasteiger partial charge in [-0.2, -0.15) is 0 Å². The van der Waals surface area contributed by atoms with E-state index in [1.54, 1.807) is 0 Å². The van der Waals surface area contributed by atoms with E-state index in [2.05, 4.69) is 16.0 Å². The third-order valence-electron chi connectivity index (χ3n) is 1.37. The molecule has 0 saturated carbocycles. The van der Waals surface area contributed by atoms with Crippen LogP contribution in [0.2, 0.25) is 0 Å². The molecule has 0 aromatic heterocycles. The Morgan fingerprint density at radius 3 is 2.79 bits per heavy atom. The number of rotatable bonds is 5. The van der Waals surface area contributed by atoms with Crippen LogP contribution in [0.15, 0.2) is 12.2 Å². The molecule has 76 valence electrons. The summed E-state index contributed by atoms with van der Waals surface area (Å²) in [6.45, 7) is 0.508. The molecule has 0 atom stereocenters. The molecule has 0 radical (unpaired) electrons. The summed E-state index contributed by atoms with van der Waals surface area (Å²) < 4.78 is 4.31. The summed E-state index contributed by atoms with van der Waals surface area (Å²) in [5.41, 5.74) is 0. The normalized spacial score (nSPS) is 9.43. The average molecular weight is 195 g/mol. The van der Waals surface area contributed by atoms with Crippen LogP contribution in [0.25, 0.3) is 0 Å². The van der Waals surface area contributed by atoms with Crippen molar-refractivity contribution in [1.82, 2.24) is 5.32 Å². The summed E-state index contributed by atoms with van der Waals surface area (Å²) >= 11 is 0.